The first-order valence-corrected chi connectivity index (χ1v) is 7.91. The number of nitrogens with zero attached hydrogens (tertiary/aromatic N) is 1. The van der Waals surface area contributed by atoms with Crippen LogP contribution in [0.3, 0.4) is 0 Å². The monoisotopic (exact) mass is 323 g/mol. The Morgan fingerprint density at radius 1 is 1.17 bits per heavy atom. The van der Waals surface area contributed by atoms with Crippen molar-refractivity contribution in [1.82, 2.24) is 4.90 Å². The van der Waals surface area contributed by atoms with Crippen LogP contribution < -0.4 is 0 Å². The molecule has 1 saturated heterocycles. The SMILES string of the molecule is O=C1CC2(CCCCC2)C(=O)N1C[C@H](O)c1cc(F)ccc1F. The molecular formula is C17H19F2NO3. The van der Waals surface area contributed by atoms with Gasteiger partial charge in [-0.1, -0.05) is 19.3 Å². The lowest BCUT2D eigenvalue weighted by Crippen LogP contribution is -2.39. The molecular weight excluding hydrogens is 304 g/mol. The summed E-state index contributed by atoms with van der Waals surface area (Å²) in [7, 11) is 0. The van der Waals surface area contributed by atoms with Crippen LogP contribution in [0.15, 0.2) is 18.2 Å². The van der Waals surface area contributed by atoms with E-state index in [-0.39, 0.29) is 30.3 Å². The molecule has 4 nitrogen and oxygen atoms in total. The first-order valence-electron chi connectivity index (χ1n) is 7.91. The minimum atomic E-state index is -1.43. The summed E-state index contributed by atoms with van der Waals surface area (Å²) in [5, 5.41) is 10.2. The van der Waals surface area contributed by atoms with E-state index in [0.29, 0.717) is 12.8 Å². The van der Waals surface area contributed by atoms with Gasteiger partial charge in [-0.25, -0.2) is 8.78 Å². The molecule has 124 valence electrons. The summed E-state index contributed by atoms with van der Waals surface area (Å²) in [6.07, 6.45) is 2.96. The molecule has 2 aliphatic rings. The van der Waals surface area contributed by atoms with Gasteiger partial charge in [-0.3, -0.25) is 14.5 Å². The third-order valence-corrected chi connectivity index (χ3v) is 4.97. The van der Waals surface area contributed by atoms with Crippen molar-refractivity contribution in [3.63, 3.8) is 0 Å². The van der Waals surface area contributed by atoms with Gasteiger partial charge < -0.3 is 5.11 Å². The van der Waals surface area contributed by atoms with Crippen LogP contribution in [0.25, 0.3) is 0 Å². The fraction of sp³-hybridized carbons (Fsp3) is 0.529. The number of hydrogen-bond donors (Lipinski definition) is 1. The Kier molecular flexibility index (Phi) is 4.19. The third kappa shape index (κ3) is 2.87. The summed E-state index contributed by atoms with van der Waals surface area (Å²) < 4.78 is 27.0. The highest BCUT2D eigenvalue weighted by molar-refractivity contribution is 6.06. The molecule has 1 aliphatic carbocycles. The molecule has 0 unspecified atom stereocenters. The van der Waals surface area contributed by atoms with E-state index in [1.54, 1.807) is 0 Å². The highest BCUT2D eigenvalue weighted by Crippen LogP contribution is 2.45. The number of halogens is 2. The van der Waals surface area contributed by atoms with Crippen molar-refractivity contribution >= 4 is 11.8 Å². The van der Waals surface area contributed by atoms with Crippen molar-refractivity contribution in [3.8, 4) is 0 Å². The van der Waals surface area contributed by atoms with Crippen molar-refractivity contribution < 1.29 is 23.5 Å². The Hall–Kier alpha value is -1.82. The normalized spacial score (nSPS) is 22.0. The first kappa shape index (κ1) is 16.1. The Morgan fingerprint density at radius 2 is 1.87 bits per heavy atom. The van der Waals surface area contributed by atoms with Gasteiger partial charge in [0.25, 0.3) is 0 Å². The molecule has 1 atom stereocenters. The number of aliphatic hydroxyl groups excluding tert-OH is 1. The van der Waals surface area contributed by atoms with E-state index in [2.05, 4.69) is 0 Å². The Labute approximate surface area is 133 Å². The predicted molar refractivity (Wildman–Crippen MR) is 78.2 cm³/mol. The predicted octanol–water partition coefficient (Wildman–Crippen LogP) is 2.71. The Morgan fingerprint density at radius 3 is 2.57 bits per heavy atom. The zero-order valence-corrected chi connectivity index (χ0v) is 12.7. The second-order valence-corrected chi connectivity index (χ2v) is 6.51. The smallest absolute Gasteiger partial charge is 0.236 e. The topological polar surface area (TPSA) is 57.6 Å². The van der Waals surface area contributed by atoms with Crippen LogP contribution in [0.4, 0.5) is 8.78 Å². The largest absolute Gasteiger partial charge is 0.386 e. The third-order valence-electron chi connectivity index (χ3n) is 4.97. The number of carbonyl (C=O) groups excluding carboxylic acids is 2. The van der Waals surface area contributed by atoms with Crippen molar-refractivity contribution in [2.75, 3.05) is 6.54 Å². The summed E-state index contributed by atoms with van der Waals surface area (Å²) >= 11 is 0. The van der Waals surface area contributed by atoms with Gasteiger partial charge in [-0.15, -0.1) is 0 Å². The number of amides is 2. The van der Waals surface area contributed by atoms with Gasteiger partial charge in [0.1, 0.15) is 11.6 Å². The number of rotatable bonds is 3. The van der Waals surface area contributed by atoms with Gasteiger partial charge in [0.15, 0.2) is 0 Å². The van der Waals surface area contributed by atoms with E-state index >= 15 is 0 Å². The molecule has 0 bridgehead atoms. The van der Waals surface area contributed by atoms with Crippen molar-refractivity contribution in [2.24, 2.45) is 5.41 Å². The molecule has 2 fully saturated rings. The van der Waals surface area contributed by atoms with Crippen molar-refractivity contribution in [1.29, 1.82) is 0 Å². The summed E-state index contributed by atoms with van der Waals surface area (Å²) in [5.41, 5.74) is -0.884. The first-order chi connectivity index (χ1) is 10.9. The van der Waals surface area contributed by atoms with Crippen molar-refractivity contribution in [3.05, 3.63) is 35.4 Å². The average Bonchev–Trinajstić information content (AvgIpc) is 2.74. The van der Waals surface area contributed by atoms with Gasteiger partial charge in [0.05, 0.1) is 18.1 Å². The lowest BCUT2D eigenvalue weighted by Gasteiger charge is -2.30. The molecule has 0 radical (unpaired) electrons. The number of benzene rings is 1. The maximum atomic E-state index is 13.7. The van der Waals surface area contributed by atoms with Gasteiger partial charge in [0.2, 0.25) is 11.8 Å². The average molecular weight is 323 g/mol. The highest BCUT2D eigenvalue weighted by atomic mass is 19.1. The summed E-state index contributed by atoms with van der Waals surface area (Å²) in [5.74, 6) is -2.06. The molecule has 1 aromatic carbocycles. The van der Waals surface area contributed by atoms with Gasteiger partial charge >= 0.3 is 0 Å². The van der Waals surface area contributed by atoms with Gasteiger partial charge in [0, 0.05) is 12.0 Å². The Balaban J connectivity index is 1.78. The van der Waals surface area contributed by atoms with E-state index in [9.17, 15) is 23.5 Å². The fourth-order valence-electron chi connectivity index (χ4n) is 3.71. The highest BCUT2D eigenvalue weighted by Gasteiger charge is 2.51. The second-order valence-electron chi connectivity index (χ2n) is 6.51. The lowest BCUT2D eigenvalue weighted by molar-refractivity contribution is -0.143. The molecule has 0 aromatic heterocycles. The van der Waals surface area contributed by atoms with Crippen LogP contribution in [-0.2, 0) is 9.59 Å². The minimum Gasteiger partial charge on any atom is -0.386 e. The molecule has 3 rings (SSSR count). The van der Waals surface area contributed by atoms with Crippen LogP contribution in [-0.4, -0.2) is 28.4 Å². The maximum Gasteiger partial charge on any atom is 0.236 e. The minimum absolute atomic E-state index is 0.157. The van der Waals surface area contributed by atoms with Crippen LogP contribution in [0.2, 0.25) is 0 Å². The molecule has 1 aromatic rings. The van der Waals surface area contributed by atoms with Crippen LogP contribution in [0.5, 0.6) is 0 Å². The number of hydrogen-bond acceptors (Lipinski definition) is 3. The van der Waals surface area contributed by atoms with E-state index in [1.807, 2.05) is 0 Å². The van der Waals surface area contributed by atoms with E-state index in [4.69, 9.17) is 0 Å². The quantitative estimate of drug-likeness (QED) is 0.870. The van der Waals surface area contributed by atoms with E-state index < -0.39 is 23.2 Å². The number of carbonyl (C=O) groups is 2. The fourth-order valence-corrected chi connectivity index (χ4v) is 3.71. The van der Waals surface area contributed by atoms with Crippen LogP contribution in [0, 0.1) is 17.0 Å². The molecule has 6 heteroatoms. The van der Waals surface area contributed by atoms with E-state index in [1.165, 1.54) is 0 Å². The molecule has 2 amide bonds. The number of β-amino-alcohol motifs (C(OH)–C–C–N with tert-alkyl or cyclic N) is 1. The Bertz CT molecular complexity index is 641. The molecule has 1 N–H and O–H groups in total. The van der Waals surface area contributed by atoms with Gasteiger partial charge in [-0.2, -0.15) is 0 Å². The molecule has 1 spiro atoms. The number of imide groups is 1. The molecule has 1 saturated carbocycles. The summed E-state index contributed by atoms with van der Waals surface area (Å²) in [6, 6.07) is 2.76. The zero-order chi connectivity index (χ0) is 16.6. The summed E-state index contributed by atoms with van der Waals surface area (Å²) in [6.45, 7) is -0.334. The van der Waals surface area contributed by atoms with E-state index in [0.717, 1.165) is 42.4 Å². The van der Waals surface area contributed by atoms with Crippen LogP contribution >= 0.6 is 0 Å². The molecule has 1 heterocycles. The van der Waals surface area contributed by atoms with Crippen molar-refractivity contribution in [2.45, 2.75) is 44.6 Å². The zero-order valence-electron chi connectivity index (χ0n) is 12.7. The second kappa shape index (κ2) is 6.00. The maximum absolute atomic E-state index is 13.7. The standard InChI is InChI=1S/C17H19F2NO3/c18-11-4-5-13(19)12(8-11)14(21)10-20-15(22)9-17(16(20)23)6-2-1-3-7-17/h4-5,8,14,21H,1-3,6-7,9-10H2/t14-/m0/s1. The van der Waals surface area contributed by atoms with Crippen LogP contribution in [0.1, 0.15) is 50.2 Å². The number of aliphatic hydroxyl groups is 1. The summed E-state index contributed by atoms with van der Waals surface area (Å²) in [4.78, 5) is 25.9. The lowest BCUT2D eigenvalue weighted by atomic mass is 9.73. The van der Waals surface area contributed by atoms with Gasteiger partial charge in [-0.05, 0) is 31.0 Å². The molecule has 1 aliphatic heterocycles. The molecule has 23 heavy (non-hydrogen) atoms. The number of likely N-dealkylation sites (tertiary alicyclic amines) is 1.